The standard InChI is InChI=1S/C5H7FO/c6-3-5(4-7)1-2-5/h4H,1-3H2. The minimum Gasteiger partial charge on any atom is -0.303 e. The number of halogens is 1. The maximum absolute atomic E-state index is 11.6. The van der Waals surface area contributed by atoms with Gasteiger partial charge in [0.05, 0.1) is 5.41 Å². The molecule has 0 aromatic rings. The van der Waals surface area contributed by atoms with E-state index in [1.807, 2.05) is 0 Å². The maximum atomic E-state index is 11.6. The molecular formula is C5H7FO. The summed E-state index contributed by atoms with van der Waals surface area (Å²) >= 11 is 0. The molecule has 0 aromatic carbocycles. The summed E-state index contributed by atoms with van der Waals surface area (Å²) in [6.07, 6.45) is 2.24. The van der Waals surface area contributed by atoms with Gasteiger partial charge in [-0.3, -0.25) is 4.39 Å². The average molecular weight is 102 g/mol. The number of carbonyl (C=O) groups excluding carboxylic acids is 1. The van der Waals surface area contributed by atoms with Crippen molar-refractivity contribution in [2.75, 3.05) is 6.67 Å². The van der Waals surface area contributed by atoms with E-state index in [2.05, 4.69) is 0 Å². The zero-order chi connectivity index (χ0) is 5.33. The second-order valence-electron chi connectivity index (χ2n) is 2.11. The van der Waals surface area contributed by atoms with E-state index in [0.29, 0.717) is 0 Å². The van der Waals surface area contributed by atoms with Crippen molar-refractivity contribution in [1.29, 1.82) is 0 Å². The first-order valence-corrected chi connectivity index (χ1v) is 2.35. The molecule has 0 unspecified atom stereocenters. The normalized spacial score (nSPS) is 24.1. The predicted molar refractivity (Wildman–Crippen MR) is 23.7 cm³/mol. The first-order valence-electron chi connectivity index (χ1n) is 2.35. The van der Waals surface area contributed by atoms with E-state index in [-0.39, 0.29) is 0 Å². The molecule has 0 aliphatic heterocycles. The molecule has 1 nitrogen and oxygen atoms in total. The van der Waals surface area contributed by atoms with Crippen LogP contribution in [0.5, 0.6) is 0 Å². The molecule has 0 radical (unpaired) electrons. The van der Waals surface area contributed by atoms with Crippen LogP contribution in [-0.4, -0.2) is 13.0 Å². The van der Waals surface area contributed by atoms with E-state index in [4.69, 9.17) is 0 Å². The molecule has 40 valence electrons. The summed E-state index contributed by atoms with van der Waals surface area (Å²) in [6.45, 7) is -0.462. The van der Waals surface area contributed by atoms with Gasteiger partial charge in [-0.25, -0.2) is 0 Å². The van der Waals surface area contributed by atoms with Crippen molar-refractivity contribution >= 4 is 6.29 Å². The van der Waals surface area contributed by atoms with Gasteiger partial charge >= 0.3 is 0 Å². The van der Waals surface area contributed by atoms with Crippen LogP contribution in [0.25, 0.3) is 0 Å². The van der Waals surface area contributed by atoms with Crippen LogP contribution in [-0.2, 0) is 4.79 Å². The van der Waals surface area contributed by atoms with Gasteiger partial charge < -0.3 is 4.79 Å². The summed E-state index contributed by atoms with van der Waals surface area (Å²) in [7, 11) is 0. The Balaban J connectivity index is 2.42. The summed E-state index contributed by atoms with van der Waals surface area (Å²) in [4.78, 5) is 9.88. The Morgan fingerprint density at radius 3 is 2.29 bits per heavy atom. The molecule has 0 bridgehead atoms. The van der Waals surface area contributed by atoms with Gasteiger partial charge in [0.15, 0.2) is 0 Å². The number of rotatable bonds is 2. The first kappa shape index (κ1) is 4.75. The maximum Gasteiger partial charge on any atom is 0.128 e. The number of aldehydes is 1. The monoisotopic (exact) mass is 102 g/mol. The number of alkyl halides is 1. The summed E-state index contributed by atoms with van der Waals surface area (Å²) in [5.74, 6) is 0. The minimum atomic E-state index is -0.514. The summed E-state index contributed by atoms with van der Waals surface area (Å²) < 4.78 is 11.6. The van der Waals surface area contributed by atoms with Crippen LogP contribution in [0.2, 0.25) is 0 Å². The second-order valence-corrected chi connectivity index (χ2v) is 2.11. The van der Waals surface area contributed by atoms with Crippen molar-refractivity contribution < 1.29 is 9.18 Å². The smallest absolute Gasteiger partial charge is 0.128 e. The molecule has 0 heterocycles. The van der Waals surface area contributed by atoms with Crippen LogP contribution in [0, 0.1) is 5.41 Å². The van der Waals surface area contributed by atoms with Gasteiger partial charge in [0.25, 0.3) is 0 Å². The van der Waals surface area contributed by atoms with Crippen molar-refractivity contribution in [1.82, 2.24) is 0 Å². The Morgan fingerprint density at radius 1 is 1.71 bits per heavy atom. The van der Waals surface area contributed by atoms with Gasteiger partial charge in [-0.15, -0.1) is 0 Å². The molecule has 1 fully saturated rings. The van der Waals surface area contributed by atoms with Crippen molar-refractivity contribution in [2.24, 2.45) is 5.41 Å². The van der Waals surface area contributed by atoms with Crippen LogP contribution < -0.4 is 0 Å². The lowest BCUT2D eigenvalue weighted by atomic mass is 10.2. The highest BCUT2D eigenvalue weighted by Crippen LogP contribution is 2.43. The highest BCUT2D eigenvalue weighted by Gasteiger charge is 2.42. The molecule has 1 saturated carbocycles. The summed E-state index contributed by atoms with van der Waals surface area (Å²) in [5.41, 5.74) is -0.514. The second kappa shape index (κ2) is 1.29. The topological polar surface area (TPSA) is 17.1 Å². The van der Waals surface area contributed by atoms with Crippen molar-refractivity contribution in [3.63, 3.8) is 0 Å². The van der Waals surface area contributed by atoms with Gasteiger partial charge in [-0.2, -0.15) is 0 Å². The summed E-state index contributed by atoms with van der Waals surface area (Å²) in [6, 6.07) is 0. The van der Waals surface area contributed by atoms with Gasteiger partial charge in [0.1, 0.15) is 13.0 Å². The average Bonchev–Trinajstić information content (AvgIpc) is 2.46. The molecule has 7 heavy (non-hydrogen) atoms. The number of carbonyl (C=O) groups is 1. The quantitative estimate of drug-likeness (QED) is 0.474. The van der Waals surface area contributed by atoms with Crippen molar-refractivity contribution in [3.8, 4) is 0 Å². The van der Waals surface area contributed by atoms with Gasteiger partial charge in [-0.05, 0) is 12.8 Å². The third-order valence-corrected chi connectivity index (χ3v) is 1.41. The van der Waals surface area contributed by atoms with E-state index >= 15 is 0 Å². The molecule has 0 amide bonds. The Kier molecular flexibility index (Phi) is 0.873. The largest absolute Gasteiger partial charge is 0.303 e. The highest BCUT2D eigenvalue weighted by atomic mass is 19.1. The third-order valence-electron chi connectivity index (χ3n) is 1.41. The molecule has 1 aliphatic rings. The molecule has 0 saturated heterocycles. The molecular weight excluding hydrogens is 95.1 g/mol. The van der Waals surface area contributed by atoms with E-state index in [9.17, 15) is 9.18 Å². The zero-order valence-electron chi connectivity index (χ0n) is 3.98. The molecule has 1 aliphatic carbocycles. The van der Waals surface area contributed by atoms with Crippen molar-refractivity contribution in [2.45, 2.75) is 12.8 Å². The number of hydrogen-bond acceptors (Lipinski definition) is 1. The fourth-order valence-electron chi connectivity index (χ4n) is 0.444. The van der Waals surface area contributed by atoms with Crippen LogP contribution >= 0.6 is 0 Å². The van der Waals surface area contributed by atoms with Gasteiger partial charge in [0.2, 0.25) is 0 Å². The molecule has 0 N–H and O–H groups in total. The van der Waals surface area contributed by atoms with Crippen LogP contribution in [0.3, 0.4) is 0 Å². The highest BCUT2D eigenvalue weighted by molar-refractivity contribution is 5.63. The first-order chi connectivity index (χ1) is 3.33. The molecule has 0 spiro atoms. The third kappa shape index (κ3) is 0.646. The van der Waals surface area contributed by atoms with E-state index in [1.165, 1.54) is 0 Å². The Labute approximate surface area is 41.5 Å². The molecule has 0 aromatic heterocycles. The Bertz CT molecular complexity index is 86.1. The van der Waals surface area contributed by atoms with Gasteiger partial charge in [0, 0.05) is 0 Å². The fraction of sp³-hybridized carbons (Fsp3) is 0.800. The molecule has 2 heteroatoms. The minimum absolute atomic E-state index is 0.462. The zero-order valence-corrected chi connectivity index (χ0v) is 3.98. The lowest BCUT2D eigenvalue weighted by molar-refractivity contribution is -0.112. The Hall–Kier alpha value is -0.400. The Morgan fingerprint density at radius 2 is 2.29 bits per heavy atom. The predicted octanol–water partition coefficient (Wildman–Crippen LogP) is 0.935. The van der Waals surface area contributed by atoms with E-state index in [1.54, 1.807) is 0 Å². The summed E-state index contributed by atoms with van der Waals surface area (Å²) in [5, 5.41) is 0. The van der Waals surface area contributed by atoms with Gasteiger partial charge in [-0.1, -0.05) is 0 Å². The lowest BCUT2D eigenvalue weighted by Gasteiger charge is -1.92. The van der Waals surface area contributed by atoms with Crippen LogP contribution in [0.4, 0.5) is 4.39 Å². The SMILES string of the molecule is O=CC1(CF)CC1. The van der Waals surface area contributed by atoms with E-state index in [0.717, 1.165) is 19.1 Å². The lowest BCUT2D eigenvalue weighted by Crippen LogP contribution is -2.02. The molecule has 0 atom stereocenters. The molecule has 1 rings (SSSR count). The van der Waals surface area contributed by atoms with Crippen LogP contribution in [0.1, 0.15) is 12.8 Å². The fourth-order valence-corrected chi connectivity index (χ4v) is 0.444. The van der Waals surface area contributed by atoms with Crippen LogP contribution in [0.15, 0.2) is 0 Å². The van der Waals surface area contributed by atoms with Crippen molar-refractivity contribution in [3.05, 3.63) is 0 Å². The number of hydrogen-bond donors (Lipinski definition) is 0. The van der Waals surface area contributed by atoms with E-state index < -0.39 is 12.1 Å².